The Bertz CT molecular complexity index is 776. The highest BCUT2D eigenvalue weighted by molar-refractivity contribution is 7.89. The van der Waals surface area contributed by atoms with E-state index in [1.807, 2.05) is 13.8 Å². The molecule has 1 aromatic rings. The van der Waals surface area contributed by atoms with Gasteiger partial charge in [0.15, 0.2) is 6.54 Å². The van der Waals surface area contributed by atoms with Gasteiger partial charge in [-0.05, 0) is 31.5 Å². The SMILES string of the molecule is CCC[C@H](C)NC(=O)C[NH+]1CCN(S(=O)(=O)c2cccc(C(F)(F)F)c2)CC1. The number of benzene rings is 1. The van der Waals surface area contributed by atoms with Crippen LogP contribution in [0.2, 0.25) is 0 Å². The number of rotatable bonds is 7. The first-order valence-electron chi connectivity index (χ1n) is 9.34. The van der Waals surface area contributed by atoms with Crippen LogP contribution in [-0.4, -0.2) is 57.4 Å². The highest BCUT2D eigenvalue weighted by atomic mass is 32.2. The van der Waals surface area contributed by atoms with Crippen LogP contribution in [0.4, 0.5) is 13.2 Å². The maximum absolute atomic E-state index is 12.9. The van der Waals surface area contributed by atoms with Crippen molar-refractivity contribution in [2.24, 2.45) is 0 Å². The van der Waals surface area contributed by atoms with Crippen molar-refractivity contribution in [3.63, 3.8) is 0 Å². The summed E-state index contributed by atoms with van der Waals surface area (Å²) in [4.78, 5) is 12.6. The fourth-order valence-electron chi connectivity index (χ4n) is 3.26. The van der Waals surface area contributed by atoms with Crippen LogP contribution in [0.5, 0.6) is 0 Å². The van der Waals surface area contributed by atoms with Crippen molar-refractivity contribution in [1.82, 2.24) is 9.62 Å². The number of hydrogen-bond donors (Lipinski definition) is 2. The molecular formula is C18H27F3N3O3S+. The Morgan fingerprint density at radius 1 is 1.29 bits per heavy atom. The molecular weight excluding hydrogens is 395 g/mol. The molecule has 1 amide bonds. The lowest BCUT2D eigenvalue weighted by Gasteiger charge is -2.31. The third-order valence-corrected chi connectivity index (χ3v) is 6.66. The molecule has 1 aliphatic rings. The van der Waals surface area contributed by atoms with E-state index in [1.165, 1.54) is 10.4 Å². The minimum atomic E-state index is -4.60. The van der Waals surface area contributed by atoms with E-state index in [0.29, 0.717) is 19.2 Å². The highest BCUT2D eigenvalue weighted by Crippen LogP contribution is 2.31. The molecule has 2 rings (SSSR count). The molecule has 0 bridgehead atoms. The normalized spacial score (nSPS) is 18.0. The molecule has 2 N–H and O–H groups in total. The van der Waals surface area contributed by atoms with Gasteiger partial charge in [-0.2, -0.15) is 17.5 Å². The molecule has 0 unspecified atom stereocenters. The molecule has 0 saturated carbocycles. The molecule has 0 aromatic heterocycles. The number of sulfonamides is 1. The van der Waals surface area contributed by atoms with Gasteiger partial charge >= 0.3 is 6.18 Å². The fraction of sp³-hybridized carbons (Fsp3) is 0.611. The summed E-state index contributed by atoms with van der Waals surface area (Å²) in [5.74, 6) is -0.0786. The van der Waals surface area contributed by atoms with Crippen LogP contribution in [0.3, 0.4) is 0 Å². The minimum Gasteiger partial charge on any atom is -0.349 e. The monoisotopic (exact) mass is 422 g/mol. The Morgan fingerprint density at radius 2 is 1.93 bits per heavy atom. The molecule has 10 heteroatoms. The Morgan fingerprint density at radius 3 is 2.50 bits per heavy atom. The highest BCUT2D eigenvalue weighted by Gasteiger charge is 2.35. The Balaban J connectivity index is 1.96. The lowest BCUT2D eigenvalue weighted by molar-refractivity contribution is -0.895. The summed E-state index contributed by atoms with van der Waals surface area (Å²) < 4.78 is 65.1. The van der Waals surface area contributed by atoms with E-state index in [-0.39, 0.29) is 36.5 Å². The number of nitrogens with one attached hydrogen (secondary N) is 2. The lowest BCUT2D eigenvalue weighted by atomic mass is 10.2. The summed E-state index contributed by atoms with van der Waals surface area (Å²) >= 11 is 0. The molecule has 0 aliphatic carbocycles. The van der Waals surface area contributed by atoms with Gasteiger partial charge in [-0.25, -0.2) is 8.42 Å². The van der Waals surface area contributed by atoms with Gasteiger partial charge in [0.2, 0.25) is 10.0 Å². The van der Waals surface area contributed by atoms with Gasteiger partial charge in [0.1, 0.15) is 0 Å². The zero-order chi connectivity index (χ0) is 20.9. The molecule has 28 heavy (non-hydrogen) atoms. The predicted octanol–water partition coefficient (Wildman–Crippen LogP) is 0.899. The molecule has 1 aliphatic heterocycles. The van der Waals surface area contributed by atoms with Gasteiger partial charge in [0.25, 0.3) is 5.91 Å². The minimum absolute atomic E-state index is 0.0786. The van der Waals surface area contributed by atoms with Crippen molar-refractivity contribution in [2.45, 2.75) is 43.8 Å². The maximum atomic E-state index is 12.9. The second kappa shape index (κ2) is 9.23. The van der Waals surface area contributed by atoms with Crippen LogP contribution in [0.25, 0.3) is 0 Å². The summed E-state index contributed by atoms with van der Waals surface area (Å²) in [5, 5.41) is 2.92. The first-order valence-corrected chi connectivity index (χ1v) is 10.8. The van der Waals surface area contributed by atoms with Crippen molar-refractivity contribution in [1.29, 1.82) is 0 Å². The Kier molecular flexibility index (Phi) is 7.46. The lowest BCUT2D eigenvalue weighted by Crippen LogP contribution is -3.15. The molecule has 158 valence electrons. The molecule has 1 atom stereocenters. The number of carbonyl (C=O) groups excluding carboxylic acids is 1. The smallest absolute Gasteiger partial charge is 0.349 e. The number of nitrogens with zero attached hydrogens (tertiary/aromatic N) is 1. The van der Waals surface area contributed by atoms with E-state index in [1.54, 1.807) is 0 Å². The first-order chi connectivity index (χ1) is 13.0. The average molecular weight is 422 g/mol. The molecule has 1 fully saturated rings. The molecule has 0 spiro atoms. The number of hydrogen-bond acceptors (Lipinski definition) is 3. The van der Waals surface area contributed by atoms with E-state index in [0.717, 1.165) is 29.9 Å². The summed E-state index contributed by atoms with van der Waals surface area (Å²) in [7, 11) is -4.00. The van der Waals surface area contributed by atoms with E-state index < -0.39 is 21.8 Å². The van der Waals surface area contributed by atoms with E-state index in [9.17, 15) is 26.4 Å². The quantitative estimate of drug-likeness (QED) is 0.686. The molecule has 0 radical (unpaired) electrons. The standard InChI is InChI=1S/C18H26F3N3O3S/c1-3-5-14(2)22-17(25)13-23-8-10-24(11-9-23)28(26,27)16-7-4-6-15(12-16)18(19,20)21/h4,6-7,12,14H,3,5,8-11,13H2,1-2H3,(H,22,25)/p+1/t14-/m0/s1. The summed E-state index contributed by atoms with van der Waals surface area (Å²) in [6.45, 7) is 5.40. The van der Waals surface area contributed by atoms with Crippen molar-refractivity contribution in [3.05, 3.63) is 29.8 Å². The molecule has 1 heterocycles. The van der Waals surface area contributed by atoms with E-state index in [4.69, 9.17) is 0 Å². The molecule has 1 aromatic carbocycles. The first kappa shape index (κ1) is 22.6. The third-order valence-electron chi connectivity index (χ3n) is 4.77. The second-order valence-electron chi connectivity index (χ2n) is 7.11. The molecule has 1 saturated heterocycles. The van der Waals surface area contributed by atoms with Gasteiger partial charge in [0.05, 0.1) is 36.6 Å². The van der Waals surface area contributed by atoms with Gasteiger partial charge in [-0.3, -0.25) is 4.79 Å². The van der Waals surface area contributed by atoms with Gasteiger partial charge in [-0.1, -0.05) is 19.4 Å². The average Bonchev–Trinajstić information content (AvgIpc) is 2.61. The number of amides is 1. The van der Waals surface area contributed by atoms with Crippen LogP contribution in [0.15, 0.2) is 29.2 Å². The Hall–Kier alpha value is -1.65. The zero-order valence-electron chi connectivity index (χ0n) is 16.1. The van der Waals surface area contributed by atoms with Crippen LogP contribution < -0.4 is 10.2 Å². The summed E-state index contributed by atoms with van der Waals surface area (Å²) in [5.41, 5.74) is -0.990. The van der Waals surface area contributed by atoms with E-state index >= 15 is 0 Å². The van der Waals surface area contributed by atoms with Crippen LogP contribution in [0.1, 0.15) is 32.3 Å². The maximum Gasteiger partial charge on any atom is 0.416 e. The number of piperazine rings is 1. The van der Waals surface area contributed by atoms with Gasteiger partial charge in [-0.15, -0.1) is 0 Å². The largest absolute Gasteiger partial charge is 0.416 e. The second-order valence-corrected chi connectivity index (χ2v) is 9.05. The van der Waals surface area contributed by atoms with Crippen LogP contribution in [-0.2, 0) is 21.0 Å². The van der Waals surface area contributed by atoms with Crippen LogP contribution in [0, 0.1) is 0 Å². The third kappa shape index (κ3) is 5.92. The van der Waals surface area contributed by atoms with Crippen molar-refractivity contribution in [2.75, 3.05) is 32.7 Å². The number of alkyl halides is 3. The fourth-order valence-corrected chi connectivity index (χ4v) is 4.75. The molecule has 6 nitrogen and oxygen atoms in total. The number of halogens is 3. The van der Waals surface area contributed by atoms with Gasteiger partial charge in [0, 0.05) is 6.04 Å². The number of carbonyl (C=O) groups is 1. The van der Waals surface area contributed by atoms with Gasteiger partial charge < -0.3 is 10.2 Å². The van der Waals surface area contributed by atoms with Crippen molar-refractivity contribution in [3.8, 4) is 0 Å². The predicted molar refractivity (Wildman–Crippen MR) is 98.3 cm³/mol. The zero-order valence-corrected chi connectivity index (χ0v) is 16.9. The van der Waals surface area contributed by atoms with Crippen LogP contribution >= 0.6 is 0 Å². The summed E-state index contributed by atoms with van der Waals surface area (Å²) in [6, 6.07) is 3.88. The Labute approximate surface area is 163 Å². The van der Waals surface area contributed by atoms with Crippen molar-refractivity contribution >= 4 is 15.9 Å². The number of quaternary nitrogens is 1. The van der Waals surface area contributed by atoms with Crippen molar-refractivity contribution < 1.29 is 31.3 Å². The van der Waals surface area contributed by atoms with E-state index in [2.05, 4.69) is 5.32 Å². The summed E-state index contributed by atoms with van der Waals surface area (Å²) in [6.07, 6.45) is -2.74. The topological polar surface area (TPSA) is 70.9 Å².